The number of aromatic nitrogens is 5. The Morgan fingerprint density at radius 1 is 1.41 bits per heavy atom. The summed E-state index contributed by atoms with van der Waals surface area (Å²) in [5, 5.41) is 21.2. The second kappa shape index (κ2) is 6.99. The quantitative estimate of drug-likeness (QED) is 0.699. The van der Waals surface area contributed by atoms with E-state index in [0.29, 0.717) is 41.6 Å². The summed E-state index contributed by atoms with van der Waals surface area (Å²) in [5.41, 5.74) is 1.54. The highest BCUT2D eigenvalue weighted by atomic mass is 16.5. The van der Waals surface area contributed by atoms with Gasteiger partial charge in [0.15, 0.2) is 5.69 Å². The number of benzene rings is 1. The van der Waals surface area contributed by atoms with Gasteiger partial charge in [0.1, 0.15) is 0 Å². The van der Waals surface area contributed by atoms with Gasteiger partial charge in [-0.3, -0.25) is 4.79 Å². The first-order valence-corrected chi connectivity index (χ1v) is 8.66. The van der Waals surface area contributed by atoms with Gasteiger partial charge in [0.2, 0.25) is 11.7 Å². The molecule has 4 rings (SSSR count). The largest absolute Gasteiger partial charge is 0.339 e. The molecule has 0 aliphatic carbocycles. The Morgan fingerprint density at radius 2 is 2.30 bits per heavy atom. The van der Waals surface area contributed by atoms with E-state index in [4.69, 9.17) is 9.78 Å². The van der Waals surface area contributed by atoms with Gasteiger partial charge in [0.05, 0.1) is 23.9 Å². The maximum Gasteiger partial charge on any atom is 0.253 e. The van der Waals surface area contributed by atoms with Crippen molar-refractivity contribution in [3.8, 4) is 17.6 Å². The molecule has 1 aliphatic rings. The standard InChI is InChI=1S/C18H17N7O2/c1-12-20-17(22-27-12)16-11-25(23-21-16)15-6-3-7-24(10-15)18(26)14-5-2-4-13(8-14)9-19/h2,4-5,8,11,15H,3,6-7,10H2,1H3. The van der Waals surface area contributed by atoms with Crippen molar-refractivity contribution in [1.82, 2.24) is 30.0 Å². The summed E-state index contributed by atoms with van der Waals surface area (Å²) in [5.74, 6) is 0.787. The Kier molecular flexibility index (Phi) is 4.38. The fourth-order valence-electron chi connectivity index (χ4n) is 3.22. The zero-order valence-corrected chi connectivity index (χ0v) is 14.7. The lowest BCUT2D eigenvalue weighted by Gasteiger charge is -2.32. The van der Waals surface area contributed by atoms with Gasteiger partial charge < -0.3 is 9.42 Å². The molecule has 1 fully saturated rings. The molecule has 0 saturated carbocycles. The zero-order valence-electron chi connectivity index (χ0n) is 14.7. The highest BCUT2D eigenvalue weighted by Crippen LogP contribution is 2.24. The Balaban J connectivity index is 1.50. The molecule has 1 saturated heterocycles. The van der Waals surface area contributed by atoms with Crippen LogP contribution in [0, 0.1) is 18.3 Å². The summed E-state index contributed by atoms with van der Waals surface area (Å²) in [7, 11) is 0. The lowest BCUT2D eigenvalue weighted by atomic mass is 10.0. The van der Waals surface area contributed by atoms with Crippen LogP contribution in [-0.4, -0.2) is 49.0 Å². The summed E-state index contributed by atoms with van der Waals surface area (Å²) in [6.45, 7) is 2.92. The van der Waals surface area contributed by atoms with Crippen molar-refractivity contribution in [3.05, 3.63) is 47.5 Å². The first-order chi connectivity index (χ1) is 13.1. The van der Waals surface area contributed by atoms with Crippen LogP contribution >= 0.6 is 0 Å². The van der Waals surface area contributed by atoms with Crippen LogP contribution in [0.2, 0.25) is 0 Å². The molecule has 1 unspecified atom stereocenters. The third kappa shape index (κ3) is 3.42. The first-order valence-electron chi connectivity index (χ1n) is 8.66. The van der Waals surface area contributed by atoms with E-state index in [2.05, 4.69) is 26.5 Å². The fraction of sp³-hybridized carbons (Fsp3) is 0.333. The number of likely N-dealkylation sites (tertiary alicyclic amines) is 1. The van der Waals surface area contributed by atoms with Crippen LogP contribution in [0.25, 0.3) is 11.5 Å². The summed E-state index contributed by atoms with van der Waals surface area (Å²) in [6, 6.07) is 8.86. The van der Waals surface area contributed by atoms with Crippen molar-refractivity contribution in [1.29, 1.82) is 5.26 Å². The summed E-state index contributed by atoms with van der Waals surface area (Å²) in [4.78, 5) is 18.8. The Hall–Kier alpha value is -3.54. The van der Waals surface area contributed by atoms with Gasteiger partial charge in [-0.05, 0) is 31.0 Å². The minimum atomic E-state index is -0.0778. The maximum absolute atomic E-state index is 12.8. The van der Waals surface area contributed by atoms with E-state index in [9.17, 15) is 4.79 Å². The molecule has 27 heavy (non-hydrogen) atoms. The molecule has 136 valence electrons. The van der Waals surface area contributed by atoms with Crippen LogP contribution < -0.4 is 0 Å². The predicted octanol–water partition coefficient (Wildman–Crippen LogP) is 1.99. The van der Waals surface area contributed by atoms with Gasteiger partial charge in [0.25, 0.3) is 5.91 Å². The van der Waals surface area contributed by atoms with Crippen molar-refractivity contribution in [3.63, 3.8) is 0 Å². The minimum absolute atomic E-state index is 0.0242. The van der Waals surface area contributed by atoms with Crippen LogP contribution in [0.3, 0.4) is 0 Å². The Bertz CT molecular complexity index is 1020. The molecule has 0 spiro atoms. The van der Waals surface area contributed by atoms with Crippen LogP contribution in [-0.2, 0) is 0 Å². The van der Waals surface area contributed by atoms with E-state index < -0.39 is 0 Å². The monoisotopic (exact) mass is 363 g/mol. The van der Waals surface area contributed by atoms with Crippen LogP contribution in [0.5, 0.6) is 0 Å². The summed E-state index contributed by atoms with van der Waals surface area (Å²) < 4.78 is 6.73. The molecule has 1 amide bonds. The Labute approximate surface area is 155 Å². The van der Waals surface area contributed by atoms with Gasteiger partial charge in [-0.15, -0.1) is 5.10 Å². The Morgan fingerprint density at radius 3 is 3.07 bits per heavy atom. The second-order valence-electron chi connectivity index (χ2n) is 6.46. The van der Waals surface area contributed by atoms with E-state index >= 15 is 0 Å². The van der Waals surface area contributed by atoms with E-state index in [0.717, 1.165) is 12.8 Å². The van der Waals surface area contributed by atoms with Crippen molar-refractivity contribution in [2.45, 2.75) is 25.8 Å². The molecule has 1 aliphatic heterocycles. The molecule has 0 radical (unpaired) electrons. The van der Waals surface area contributed by atoms with Crippen molar-refractivity contribution < 1.29 is 9.32 Å². The number of nitrogens with zero attached hydrogens (tertiary/aromatic N) is 7. The number of rotatable bonds is 3. The molecule has 2 aromatic heterocycles. The molecule has 9 heteroatoms. The van der Waals surface area contributed by atoms with Crippen molar-refractivity contribution in [2.75, 3.05) is 13.1 Å². The number of carbonyl (C=O) groups is 1. The number of carbonyl (C=O) groups excluding carboxylic acids is 1. The number of nitriles is 1. The highest BCUT2D eigenvalue weighted by molar-refractivity contribution is 5.94. The molecule has 0 N–H and O–H groups in total. The predicted molar refractivity (Wildman–Crippen MR) is 93.4 cm³/mol. The molecular weight excluding hydrogens is 346 g/mol. The van der Waals surface area contributed by atoms with Crippen LogP contribution in [0.15, 0.2) is 35.0 Å². The smallest absolute Gasteiger partial charge is 0.253 e. The minimum Gasteiger partial charge on any atom is -0.339 e. The third-order valence-electron chi connectivity index (χ3n) is 4.56. The lowest BCUT2D eigenvalue weighted by molar-refractivity contribution is 0.0672. The van der Waals surface area contributed by atoms with Crippen molar-refractivity contribution in [2.24, 2.45) is 0 Å². The van der Waals surface area contributed by atoms with E-state index in [1.807, 2.05) is 0 Å². The SMILES string of the molecule is Cc1nc(-c2cn(C3CCCN(C(=O)c4cccc(C#N)c4)C3)nn2)no1. The molecule has 3 heterocycles. The van der Waals surface area contributed by atoms with E-state index in [1.54, 1.807) is 47.0 Å². The molecule has 0 bridgehead atoms. The summed E-state index contributed by atoms with van der Waals surface area (Å²) in [6.07, 6.45) is 3.54. The molecular formula is C18H17N7O2. The number of hydrogen-bond acceptors (Lipinski definition) is 7. The molecule has 3 aromatic rings. The van der Waals surface area contributed by atoms with Crippen molar-refractivity contribution >= 4 is 5.91 Å². The zero-order chi connectivity index (χ0) is 18.8. The van der Waals surface area contributed by atoms with E-state index in [-0.39, 0.29) is 11.9 Å². The third-order valence-corrected chi connectivity index (χ3v) is 4.56. The average Bonchev–Trinajstić information content (AvgIpc) is 3.36. The fourth-order valence-corrected chi connectivity index (χ4v) is 3.22. The van der Waals surface area contributed by atoms with Crippen LogP contribution in [0.1, 0.15) is 40.7 Å². The number of amides is 1. The van der Waals surface area contributed by atoms with Crippen LogP contribution in [0.4, 0.5) is 0 Å². The topological polar surface area (TPSA) is 114 Å². The number of piperidine rings is 1. The first kappa shape index (κ1) is 16.9. The average molecular weight is 363 g/mol. The number of hydrogen-bond donors (Lipinski definition) is 0. The molecule has 1 aromatic carbocycles. The molecule has 9 nitrogen and oxygen atoms in total. The number of aryl methyl sites for hydroxylation is 1. The normalized spacial score (nSPS) is 16.9. The van der Waals surface area contributed by atoms with E-state index in [1.165, 1.54) is 0 Å². The van der Waals surface area contributed by atoms with Gasteiger partial charge in [-0.2, -0.15) is 10.2 Å². The van der Waals surface area contributed by atoms with Gasteiger partial charge >= 0.3 is 0 Å². The highest BCUT2D eigenvalue weighted by Gasteiger charge is 2.27. The van der Waals surface area contributed by atoms with Gasteiger partial charge in [-0.25, -0.2) is 4.68 Å². The van der Waals surface area contributed by atoms with Gasteiger partial charge in [-0.1, -0.05) is 16.4 Å². The second-order valence-corrected chi connectivity index (χ2v) is 6.46. The summed E-state index contributed by atoms with van der Waals surface area (Å²) >= 11 is 0. The van der Waals surface area contributed by atoms with Gasteiger partial charge in [0, 0.05) is 25.6 Å². The maximum atomic E-state index is 12.8. The lowest BCUT2D eigenvalue weighted by Crippen LogP contribution is -2.40. The molecule has 1 atom stereocenters.